The summed E-state index contributed by atoms with van der Waals surface area (Å²) in [4.78, 5) is 1.27. The van der Waals surface area contributed by atoms with Crippen LogP contribution in [0.25, 0.3) is 0 Å². The summed E-state index contributed by atoms with van der Waals surface area (Å²) in [6, 6.07) is 11.1. The second-order valence-electron chi connectivity index (χ2n) is 4.57. The van der Waals surface area contributed by atoms with Gasteiger partial charge in [0.25, 0.3) is 0 Å². The first-order valence-electron chi connectivity index (χ1n) is 6.32. The maximum atomic E-state index is 5.97. The molecule has 1 atom stereocenters. The molecule has 0 amide bonds. The van der Waals surface area contributed by atoms with Crippen molar-refractivity contribution in [2.75, 3.05) is 7.05 Å². The third-order valence-electron chi connectivity index (χ3n) is 3.53. The van der Waals surface area contributed by atoms with E-state index in [9.17, 15) is 0 Å². The molecule has 0 saturated heterocycles. The van der Waals surface area contributed by atoms with Crippen LogP contribution in [0.15, 0.2) is 35.7 Å². The highest BCUT2D eigenvalue weighted by Crippen LogP contribution is 2.36. The molecule has 3 heteroatoms. The second kappa shape index (κ2) is 5.12. The quantitative estimate of drug-likeness (QED) is 0.907. The van der Waals surface area contributed by atoms with Crippen LogP contribution in [0.1, 0.15) is 28.5 Å². The number of thiophene rings is 1. The van der Waals surface area contributed by atoms with Crippen molar-refractivity contribution in [3.8, 4) is 5.75 Å². The summed E-state index contributed by atoms with van der Waals surface area (Å²) in [6.07, 6.45) is 2.28. The van der Waals surface area contributed by atoms with Crippen molar-refractivity contribution in [3.63, 3.8) is 0 Å². The summed E-state index contributed by atoms with van der Waals surface area (Å²) < 4.78 is 5.97. The Balaban J connectivity index is 1.79. The molecular formula is C15H17NOS. The second-order valence-corrected chi connectivity index (χ2v) is 5.60. The number of hydrogen-bond acceptors (Lipinski definition) is 3. The van der Waals surface area contributed by atoms with Crippen LogP contribution < -0.4 is 10.1 Å². The monoisotopic (exact) mass is 259 g/mol. The Morgan fingerprint density at radius 3 is 3.06 bits per heavy atom. The highest BCUT2D eigenvalue weighted by Gasteiger charge is 2.23. The van der Waals surface area contributed by atoms with Gasteiger partial charge >= 0.3 is 0 Å². The van der Waals surface area contributed by atoms with Gasteiger partial charge in [0.1, 0.15) is 12.4 Å². The van der Waals surface area contributed by atoms with Gasteiger partial charge in [-0.25, -0.2) is 0 Å². The molecule has 0 aliphatic heterocycles. The molecule has 0 radical (unpaired) electrons. The van der Waals surface area contributed by atoms with Crippen LogP contribution in [0.5, 0.6) is 5.75 Å². The van der Waals surface area contributed by atoms with E-state index >= 15 is 0 Å². The van der Waals surface area contributed by atoms with Gasteiger partial charge in [0.2, 0.25) is 0 Å². The smallest absolute Gasteiger partial charge is 0.123 e. The van der Waals surface area contributed by atoms with Gasteiger partial charge in [-0.05, 0) is 48.5 Å². The topological polar surface area (TPSA) is 21.3 Å². The summed E-state index contributed by atoms with van der Waals surface area (Å²) in [6.45, 7) is 0.679. The normalized spacial score (nSPS) is 17.7. The number of fused-ring (bicyclic) bond motifs is 1. The molecule has 1 N–H and O–H groups in total. The third kappa shape index (κ3) is 2.16. The molecule has 1 aliphatic carbocycles. The summed E-state index contributed by atoms with van der Waals surface area (Å²) in [5.74, 6) is 1.05. The number of hydrogen-bond donors (Lipinski definition) is 1. The lowest BCUT2D eigenvalue weighted by atomic mass is 10.1. The van der Waals surface area contributed by atoms with Crippen LogP contribution in [0.4, 0.5) is 0 Å². The average molecular weight is 259 g/mol. The number of nitrogens with one attached hydrogen (secondary N) is 1. The Bertz CT molecular complexity index is 521. The van der Waals surface area contributed by atoms with E-state index in [1.807, 2.05) is 7.05 Å². The van der Waals surface area contributed by atoms with E-state index in [0.717, 1.165) is 12.2 Å². The largest absolute Gasteiger partial charge is 0.488 e. The Morgan fingerprint density at radius 2 is 2.28 bits per heavy atom. The first-order chi connectivity index (χ1) is 8.88. The molecule has 94 valence electrons. The van der Waals surface area contributed by atoms with E-state index in [2.05, 4.69) is 41.0 Å². The van der Waals surface area contributed by atoms with E-state index in [4.69, 9.17) is 4.74 Å². The van der Waals surface area contributed by atoms with Gasteiger partial charge in [0.15, 0.2) is 0 Å². The van der Waals surface area contributed by atoms with Crippen molar-refractivity contribution in [3.05, 3.63) is 51.7 Å². The van der Waals surface area contributed by atoms with E-state index in [0.29, 0.717) is 12.6 Å². The van der Waals surface area contributed by atoms with Gasteiger partial charge in [-0.3, -0.25) is 0 Å². The molecule has 1 aromatic carbocycles. The van der Waals surface area contributed by atoms with Crippen molar-refractivity contribution in [1.82, 2.24) is 5.32 Å². The summed E-state index contributed by atoms with van der Waals surface area (Å²) in [5, 5.41) is 5.45. The standard InChI is InChI=1S/C15H17NOS/c1-16-14-8-7-13-12(14)5-2-6-15(13)17-10-11-4-3-9-18-11/h2-6,9,14,16H,7-8,10H2,1H3. The first-order valence-corrected chi connectivity index (χ1v) is 7.20. The van der Waals surface area contributed by atoms with Gasteiger partial charge in [0, 0.05) is 10.9 Å². The Kier molecular flexibility index (Phi) is 3.35. The fraction of sp³-hybridized carbons (Fsp3) is 0.333. The molecule has 0 bridgehead atoms. The predicted octanol–water partition coefficient (Wildman–Crippen LogP) is 3.53. The van der Waals surface area contributed by atoms with Gasteiger partial charge in [-0.1, -0.05) is 18.2 Å². The van der Waals surface area contributed by atoms with Crippen LogP contribution in [-0.4, -0.2) is 7.05 Å². The van der Waals surface area contributed by atoms with Crippen molar-refractivity contribution < 1.29 is 4.74 Å². The highest BCUT2D eigenvalue weighted by molar-refractivity contribution is 7.09. The zero-order valence-electron chi connectivity index (χ0n) is 10.5. The number of rotatable bonds is 4. The molecule has 3 rings (SSSR count). The third-order valence-corrected chi connectivity index (χ3v) is 4.38. The Labute approximate surface area is 112 Å². The number of benzene rings is 1. The molecule has 1 aliphatic rings. The fourth-order valence-electron chi connectivity index (χ4n) is 2.60. The van der Waals surface area contributed by atoms with Crippen molar-refractivity contribution in [1.29, 1.82) is 0 Å². The molecule has 0 fully saturated rings. The minimum atomic E-state index is 0.491. The van der Waals surface area contributed by atoms with Crippen LogP contribution >= 0.6 is 11.3 Å². The van der Waals surface area contributed by atoms with Gasteiger partial charge in [0.05, 0.1) is 0 Å². The van der Waals surface area contributed by atoms with E-state index in [-0.39, 0.29) is 0 Å². The molecule has 0 spiro atoms. The molecule has 18 heavy (non-hydrogen) atoms. The van der Waals surface area contributed by atoms with Crippen molar-refractivity contribution in [2.24, 2.45) is 0 Å². The van der Waals surface area contributed by atoms with Crippen molar-refractivity contribution >= 4 is 11.3 Å². The summed E-state index contributed by atoms with van der Waals surface area (Å²) in [7, 11) is 2.03. The predicted molar refractivity (Wildman–Crippen MR) is 75.2 cm³/mol. The Hall–Kier alpha value is -1.32. The summed E-state index contributed by atoms with van der Waals surface area (Å²) in [5.41, 5.74) is 2.79. The zero-order valence-corrected chi connectivity index (χ0v) is 11.3. The van der Waals surface area contributed by atoms with E-state index in [1.54, 1.807) is 11.3 Å². The van der Waals surface area contributed by atoms with Gasteiger partial charge in [-0.2, -0.15) is 0 Å². The van der Waals surface area contributed by atoms with Crippen LogP contribution in [0.3, 0.4) is 0 Å². The molecular weight excluding hydrogens is 242 g/mol. The SMILES string of the molecule is CNC1CCc2c(OCc3cccs3)cccc21. The van der Waals surface area contributed by atoms with Crippen molar-refractivity contribution in [2.45, 2.75) is 25.5 Å². The van der Waals surface area contributed by atoms with Gasteiger partial charge < -0.3 is 10.1 Å². The van der Waals surface area contributed by atoms with E-state index in [1.165, 1.54) is 22.4 Å². The van der Waals surface area contributed by atoms with Gasteiger partial charge in [-0.15, -0.1) is 11.3 Å². The lowest BCUT2D eigenvalue weighted by Crippen LogP contribution is -2.12. The maximum absolute atomic E-state index is 5.97. The van der Waals surface area contributed by atoms with Crippen LogP contribution in [-0.2, 0) is 13.0 Å². The molecule has 1 unspecified atom stereocenters. The molecule has 2 aromatic rings. The molecule has 1 heterocycles. The first kappa shape index (κ1) is 11.8. The fourth-order valence-corrected chi connectivity index (χ4v) is 3.22. The lowest BCUT2D eigenvalue weighted by Gasteiger charge is -2.12. The number of ether oxygens (including phenoxy) is 1. The maximum Gasteiger partial charge on any atom is 0.123 e. The zero-order chi connectivity index (χ0) is 12.4. The van der Waals surface area contributed by atoms with Crippen LogP contribution in [0.2, 0.25) is 0 Å². The molecule has 1 aromatic heterocycles. The minimum Gasteiger partial charge on any atom is -0.488 e. The molecule has 0 saturated carbocycles. The van der Waals surface area contributed by atoms with Crippen LogP contribution in [0, 0.1) is 0 Å². The molecule has 2 nitrogen and oxygen atoms in total. The Morgan fingerprint density at radius 1 is 1.33 bits per heavy atom. The minimum absolute atomic E-state index is 0.491. The summed E-state index contributed by atoms with van der Waals surface area (Å²) >= 11 is 1.74. The van der Waals surface area contributed by atoms with E-state index < -0.39 is 0 Å². The lowest BCUT2D eigenvalue weighted by molar-refractivity contribution is 0.307. The average Bonchev–Trinajstić information content (AvgIpc) is 3.05. The highest BCUT2D eigenvalue weighted by atomic mass is 32.1.